The van der Waals surface area contributed by atoms with Gasteiger partial charge in [0.15, 0.2) is 6.61 Å². The number of benzene rings is 1. The molecule has 0 amide bonds. The van der Waals surface area contributed by atoms with Gasteiger partial charge in [0, 0.05) is 4.47 Å². The third-order valence-electron chi connectivity index (χ3n) is 2.26. The van der Waals surface area contributed by atoms with Gasteiger partial charge >= 0.3 is 5.97 Å². The number of rotatable bonds is 6. The molecule has 0 radical (unpaired) electrons. The maximum Gasteiger partial charge on any atom is 0.344 e. The Kier molecular flexibility index (Phi) is 6.05. The summed E-state index contributed by atoms with van der Waals surface area (Å²) in [6.07, 6.45) is 1.90. The lowest BCUT2D eigenvalue weighted by Crippen LogP contribution is -2.15. The first-order valence-corrected chi connectivity index (χ1v) is 6.47. The molecule has 94 valence electrons. The van der Waals surface area contributed by atoms with Crippen molar-refractivity contribution in [1.82, 2.24) is 0 Å². The Hall–Kier alpha value is -1.03. The van der Waals surface area contributed by atoms with E-state index in [1.807, 2.05) is 25.1 Å². The zero-order valence-electron chi connectivity index (χ0n) is 10.2. The molecule has 0 aliphatic heterocycles. The highest BCUT2D eigenvalue weighted by molar-refractivity contribution is 9.10. The Morgan fingerprint density at radius 3 is 2.88 bits per heavy atom. The molecule has 1 aromatic carbocycles. The van der Waals surface area contributed by atoms with Crippen molar-refractivity contribution in [2.45, 2.75) is 26.7 Å². The minimum absolute atomic E-state index is 0.0407. The van der Waals surface area contributed by atoms with Crippen LogP contribution in [0, 0.1) is 6.92 Å². The summed E-state index contributed by atoms with van der Waals surface area (Å²) in [4.78, 5) is 11.3. The molecule has 4 heteroatoms. The maximum atomic E-state index is 11.3. The van der Waals surface area contributed by atoms with Crippen LogP contribution in [0.5, 0.6) is 5.75 Å². The lowest BCUT2D eigenvalue weighted by atomic mass is 10.2. The van der Waals surface area contributed by atoms with Crippen LogP contribution in [0.3, 0.4) is 0 Å². The predicted molar refractivity (Wildman–Crippen MR) is 70.2 cm³/mol. The number of hydrogen-bond acceptors (Lipinski definition) is 3. The molecular formula is C13H17BrO3. The van der Waals surface area contributed by atoms with Gasteiger partial charge in [0.05, 0.1) is 6.61 Å². The first-order valence-electron chi connectivity index (χ1n) is 5.68. The van der Waals surface area contributed by atoms with Crippen molar-refractivity contribution >= 4 is 21.9 Å². The van der Waals surface area contributed by atoms with E-state index in [-0.39, 0.29) is 12.6 Å². The maximum absolute atomic E-state index is 11.3. The number of ether oxygens (including phenoxy) is 2. The van der Waals surface area contributed by atoms with Crippen molar-refractivity contribution < 1.29 is 14.3 Å². The van der Waals surface area contributed by atoms with Crippen molar-refractivity contribution in [3.05, 3.63) is 28.2 Å². The number of aryl methyl sites for hydroxylation is 1. The molecule has 0 N–H and O–H groups in total. The Balaban J connectivity index is 2.39. The standard InChI is InChI=1S/C13H17BrO3/c1-3-4-7-16-13(15)9-17-12-8-11(14)6-5-10(12)2/h5-6,8H,3-4,7,9H2,1-2H3. The van der Waals surface area contributed by atoms with Gasteiger partial charge in [-0.05, 0) is 31.0 Å². The van der Waals surface area contributed by atoms with E-state index >= 15 is 0 Å². The second kappa shape index (κ2) is 7.33. The molecule has 0 aromatic heterocycles. The molecule has 0 heterocycles. The Morgan fingerprint density at radius 1 is 1.41 bits per heavy atom. The van der Waals surface area contributed by atoms with E-state index in [2.05, 4.69) is 22.9 Å². The molecule has 0 aliphatic carbocycles. The summed E-state index contributed by atoms with van der Waals surface area (Å²) in [5, 5.41) is 0. The highest BCUT2D eigenvalue weighted by Crippen LogP contribution is 2.22. The molecule has 0 unspecified atom stereocenters. The summed E-state index contributed by atoms with van der Waals surface area (Å²) >= 11 is 3.36. The minimum atomic E-state index is -0.321. The Labute approximate surface area is 110 Å². The van der Waals surface area contributed by atoms with Crippen LogP contribution in [0.15, 0.2) is 22.7 Å². The topological polar surface area (TPSA) is 35.5 Å². The fourth-order valence-corrected chi connectivity index (χ4v) is 1.58. The number of halogens is 1. The second-order valence-corrected chi connectivity index (χ2v) is 4.69. The van der Waals surface area contributed by atoms with Crippen LogP contribution < -0.4 is 4.74 Å². The molecule has 17 heavy (non-hydrogen) atoms. The van der Waals surface area contributed by atoms with Crippen molar-refractivity contribution in [3.8, 4) is 5.75 Å². The average molecular weight is 301 g/mol. The first-order chi connectivity index (χ1) is 8.13. The van der Waals surface area contributed by atoms with Crippen LogP contribution in [0.2, 0.25) is 0 Å². The number of carbonyl (C=O) groups is 1. The third kappa shape index (κ3) is 5.22. The van der Waals surface area contributed by atoms with E-state index in [9.17, 15) is 4.79 Å². The largest absolute Gasteiger partial charge is 0.482 e. The molecule has 0 saturated carbocycles. The highest BCUT2D eigenvalue weighted by Gasteiger charge is 2.06. The van der Waals surface area contributed by atoms with Gasteiger partial charge in [-0.3, -0.25) is 0 Å². The van der Waals surface area contributed by atoms with Crippen LogP contribution in [0.4, 0.5) is 0 Å². The summed E-state index contributed by atoms with van der Waals surface area (Å²) in [5.74, 6) is 0.379. The molecule has 0 fully saturated rings. The van der Waals surface area contributed by atoms with E-state index in [0.29, 0.717) is 12.4 Å². The summed E-state index contributed by atoms with van der Waals surface area (Å²) in [6, 6.07) is 5.71. The number of unbranched alkanes of at least 4 members (excludes halogenated alkanes) is 1. The lowest BCUT2D eigenvalue weighted by Gasteiger charge is -2.09. The van der Waals surface area contributed by atoms with Gasteiger partial charge in [-0.15, -0.1) is 0 Å². The van der Waals surface area contributed by atoms with E-state index in [1.54, 1.807) is 0 Å². The van der Waals surface area contributed by atoms with Crippen LogP contribution in [0.25, 0.3) is 0 Å². The Morgan fingerprint density at radius 2 is 2.18 bits per heavy atom. The fraction of sp³-hybridized carbons (Fsp3) is 0.462. The molecule has 1 rings (SSSR count). The molecule has 0 atom stereocenters. The third-order valence-corrected chi connectivity index (χ3v) is 2.75. The Bertz CT molecular complexity index is 377. The van der Waals surface area contributed by atoms with Crippen LogP contribution in [-0.4, -0.2) is 19.2 Å². The molecule has 3 nitrogen and oxygen atoms in total. The summed E-state index contributed by atoms with van der Waals surface area (Å²) in [7, 11) is 0. The summed E-state index contributed by atoms with van der Waals surface area (Å²) in [5.41, 5.74) is 0.995. The van der Waals surface area contributed by atoms with Crippen LogP contribution >= 0.6 is 15.9 Å². The van der Waals surface area contributed by atoms with Gasteiger partial charge < -0.3 is 9.47 Å². The van der Waals surface area contributed by atoms with Gasteiger partial charge in [0.2, 0.25) is 0 Å². The molecule has 0 aliphatic rings. The van der Waals surface area contributed by atoms with Gasteiger partial charge in [0.25, 0.3) is 0 Å². The number of hydrogen-bond donors (Lipinski definition) is 0. The van der Waals surface area contributed by atoms with Crippen LogP contribution in [-0.2, 0) is 9.53 Å². The smallest absolute Gasteiger partial charge is 0.344 e. The molecule has 0 spiro atoms. The minimum Gasteiger partial charge on any atom is -0.482 e. The zero-order valence-corrected chi connectivity index (χ0v) is 11.7. The van der Waals surface area contributed by atoms with Crippen molar-refractivity contribution in [1.29, 1.82) is 0 Å². The van der Waals surface area contributed by atoms with E-state index < -0.39 is 0 Å². The van der Waals surface area contributed by atoms with Crippen molar-refractivity contribution in [3.63, 3.8) is 0 Å². The normalized spacial score (nSPS) is 10.1. The van der Waals surface area contributed by atoms with Gasteiger partial charge in [-0.2, -0.15) is 0 Å². The van der Waals surface area contributed by atoms with Crippen molar-refractivity contribution in [2.24, 2.45) is 0 Å². The quantitative estimate of drug-likeness (QED) is 0.596. The molecule has 0 saturated heterocycles. The van der Waals surface area contributed by atoms with Gasteiger partial charge in [-0.1, -0.05) is 35.3 Å². The SMILES string of the molecule is CCCCOC(=O)COc1cc(Br)ccc1C. The van der Waals surface area contributed by atoms with Gasteiger partial charge in [0.1, 0.15) is 5.75 Å². The fourth-order valence-electron chi connectivity index (χ4n) is 1.24. The van der Waals surface area contributed by atoms with E-state index in [0.717, 1.165) is 22.9 Å². The van der Waals surface area contributed by atoms with Crippen LogP contribution in [0.1, 0.15) is 25.3 Å². The van der Waals surface area contributed by atoms with E-state index in [1.165, 1.54) is 0 Å². The van der Waals surface area contributed by atoms with Gasteiger partial charge in [-0.25, -0.2) is 4.79 Å². The summed E-state index contributed by atoms with van der Waals surface area (Å²) < 4.78 is 11.3. The molecule has 0 bridgehead atoms. The second-order valence-electron chi connectivity index (χ2n) is 3.77. The monoisotopic (exact) mass is 300 g/mol. The number of carbonyl (C=O) groups excluding carboxylic acids is 1. The zero-order chi connectivity index (χ0) is 12.7. The number of esters is 1. The highest BCUT2D eigenvalue weighted by atomic mass is 79.9. The summed E-state index contributed by atoms with van der Waals surface area (Å²) in [6.45, 7) is 4.41. The molecule has 1 aromatic rings. The first kappa shape index (κ1) is 14.0. The predicted octanol–water partition coefficient (Wildman–Crippen LogP) is 3.48. The average Bonchev–Trinajstić information content (AvgIpc) is 2.31. The van der Waals surface area contributed by atoms with E-state index in [4.69, 9.17) is 9.47 Å². The molecular weight excluding hydrogens is 284 g/mol. The lowest BCUT2D eigenvalue weighted by molar-refractivity contribution is -0.146. The van der Waals surface area contributed by atoms with Crippen molar-refractivity contribution in [2.75, 3.05) is 13.2 Å².